The van der Waals surface area contributed by atoms with Gasteiger partial charge in [0, 0.05) is 24.3 Å². The van der Waals surface area contributed by atoms with Gasteiger partial charge in [0.2, 0.25) is 5.91 Å². The third-order valence-corrected chi connectivity index (χ3v) is 4.39. The molecular formula is C14H23ClF2N4O. The molecule has 1 atom stereocenters. The van der Waals surface area contributed by atoms with Crippen LogP contribution in [0.4, 0.5) is 8.78 Å². The third kappa shape index (κ3) is 3.57. The first-order valence-corrected chi connectivity index (χ1v) is 7.08. The number of halogens is 3. The molecule has 2 rings (SSSR count). The number of rotatable bonds is 4. The zero-order valence-corrected chi connectivity index (χ0v) is 13.9. The van der Waals surface area contributed by atoms with E-state index in [9.17, 15) is 13.6 Å². The summed E-state index contributed by atoms with van der Waals surface area (Å²) in [6, 6.07) is 0. The predicted octanol–water partition coefficient (Wildman–Crippen LogP) is 2.06. The zero-order valence-electron chi connectivity index (χ0n) is 13.1. The quantitative estimate of drug-likeness (QED) is 0.915. The average Bonchev–Trinajstić information content (AvgIpc) is 2.95. The number of nitrogens with two attached hydrogens (primary N) is 1. The molecule has 1 aromatic heterocycles. The number of hydrogen-bond donors (Lipinski definition) is 1. The Bertz CT molecular complexity index is 549. The molecule has 0 bridgehead atoms. The molecule has 1 aliphatic rings. The Balaban J connectivity index is 0.00000242. The van der Waals surface area contributed by atoms with Crippen LogP contribution in [0.3, 0.4) is 0 Å². The third-order valence-electron chi connectivity index (χ3n) is 4.39. The normalized spacial score (nSPS) is 21.3. The van der Waals surface area contributed by atoms with Crippen molar-refractivity contribution in [2.24, 2.45) is 11.1 Å². The van der Waals surface area contributed by atoms with Crippen molar-refractivity contribution in [3.05, 3.63) is 17.0 Å². The molecular weight excluding hydrogens is 314 g/mol. The van der Waals surface area contributed by atoms with E-state index >= 15 is 0 Å². The molecule has 8 heteroatoms. The number of nitrogens with zero attached hydrogens (tertiary/aromatic N) is 3. The Kier molecular flexibility index (Phi) is 5.92. The molecule has 1 unspecified atom stereocenters. The highest BCUT2D eigenvalue weighted by atomic mass is 35.5. The van der Waals surface area contributed by atoms with E-state index in [-0.39, 0.29) is 30.2 Å². The topological polar surface area (TPSA) is 64.2 Å². The lowest BCUT2D eigenvalue weighted by Gasteiger charge is -2.22. The lowest BCUT2D eigenvalue weighted by molar-refractivity contribution is -0.129. The van der Waals surface area contributed by atoms with E-state index in [0.29, 0.717) is 41.3 Å². The molecule has 1 aromatic rings. The average molecular weight is 337 g/mol. The molecule has 1 saturated heterocycles. The van der Waals surface area contributed by atoms with E-state index in [0.717, 1.165) is 6.42 Å². The minimum absolute atomic E-state index is 0. The fourth-order valence-corrected chi connectivity index (χ4v) is 2.81. The van der Waals surface area contributed by atoms with Crippen LogP contribution < -0.4 is 5.73 Å². The number of carbonyl (C=O) groups is 1. The van der Waals surface area contributed by atoms with Crippen molar-refractivity contribution in [2.45, 2.75) is 40.2 Å². The standard InChI is InChI=1S/C14H22F2N4O.ClH/c1-9-11(10(2)20(18-9)13(15)16)6-12(21)19-5-4-14(3,7-17)8-19;/h13H,4-8,17H2,1-3H3;1H. The largest absolute Gasteiger partial charge is 0.342 e. The second kappa shape index (κ2) is 6.91. The van der Waals surface area contributed by atoms with Crippen LogP contribution >= 0.6 is 12.4 Å². The lowest BCUT2D eigenvalue weighted by atomic mass is 9.90. The summed E-state index contributed by atoms with van der Waals surface area (Å²) in [4.78, 5) is 14.1. The van der Waals surface area contributed by atoms with Crippen LogP contribution in [0.25, 0.3) is 0 Å². The molecule has 5 nitrogen and oxygen atoms in total. The molecule has 0 radical (unpaired) electrons. The summed E-state index contributed by atoms with van der Waals surface area (Å²) in [5.41, 5.74) is 7.14. The molecule has 1 aliphatic heterocycles. The van der Waals surface area contributed by atoms with Gasteiger partial charge in [-0.15, -0.1) is 12.4 Å². The van der Waals surface area contributed by atoms with Gasteiger partial charge in [0.15, 0.2) is 0 Å². The van der Waals surface area contributed by atoms with E-state index in [1.54, 1.807) is 18.7 Å². The van der Waals surface area contributed by atoms with Gasteiger partial charge in [-0.05, 0) is 32.2 Å². The van der Waals surface area contributed by atoms with E-state index in [1.807, 2.05) is 0 Å². The second-order valence-corrected chi connectivity index (χ2v) is 6.13. The van der Waals surface area contributed by atoms with Gasteiger partial charge in [0.1, 0.15) is 0 Å². The Labute approximate surface area is 135 Å². The second-order valence-electron chi connectivity index (χ2n) is 6.13. The maximum atomic E-state index is 12.8. The van der Waals surface area contributed by atoms with Crippen molar-refractivity contribution in [3.63, 3.8) is 0 Å². The molecule has 126 valence electrons. The van der Waals surface area contributed by atoms with Crippen molar-refractivity contribution in [1.82, 2.24) is 14.7 Å². The van der Waals surface area contributed by atoms with Crippen molar-refractivity contribution in [1.29, 1.82) is 0 Å². The molecule has 2 N–H and O–H groups in total. The summed E-state index contributed by atoms with van der Waals surface area (Å²) < 4.78 is 26.3. The number of likely N-dealkylation sites (tertiary alicyclic amines) is 1. The molecule has 0 spiro atoms. The summed E-state index contributed by atoms with van der Waals surface area (Å²) in [6.45, 7) is 4.45. The molecule has 0 aliphatic carbocycles. The van der Waals surface area contributed by atoms with E-state index in [4.69, 9.17) is 5.73 Å². The highest BCUT2D eigenvalue weighted by molar-refractivity contribution is 5.85. The van der Waals surface area contributed by atoms with Gasteiger partial charge in [0.25, 0.3) is 0 Å². The van der Waals surface area contributed by atoms with Crippen LogP contribution in [-0.4, -0.2) is 40.2 Å². The van der Waals surface area contributed by atoms with Crippen LogP contribution in [0.5, 0.6) is 0 Å². The lowest BCUT2D eigenvalue weighted by Crippen LogP contribution is -2.35. The highest BCUT2D eigenvalue weighted by Crippen LogP contribution is 2.29. The molecule has 0 aromatic carbocycles. The Morgan fingerprint density at radius 1 is 1.45 bits per heavy atom. The van der Waals surface area contributed by atoms with E-state index < -0.39 is 6.55 Å². The predicted molar refractivity (Wildman–Crippen MR) is 82.3 cm³/mol. The Morgan fingerprint density at radius 2 is 2.09 bits per heavy atom. The molecule has 0 saturated carbocycles. The van der Waals surface area contributed by atoms with Crippen LogP contribution in [0.2, 0.25) is 0 Å². The minimum Gasteiger partial charge on any atom is -0.342 e. The van der Waals surface area contributed by atoms with Crippen LogP contribution in [0.1, 0.15) is 36.8 Å². The maximum Gasteiger partial charge on any atom is 0.333 e. The molecule has 2 heterocycles. The SMILES string of the molecule is Cc1nn(C(F)F)c(C)c1CC(=O)N1CCC(C)(CN)C1.Cl. The summed E-state index contributed by atoms with van der Waals surface area (Å²) in [5.74, 6) is -0.0489. The summed E-state index contributed by atoms with van der Waals surface area (Å²) in [5, 5.41) is 3.81. The fraction of sp³-hybridized carbons (Fsp3) is 0.714. The number of alkyl halides is 2. The number of amides is 1. The number of carbonyl (C=O) groups excluding carboxylic acids is 1. The van der Waals surface area contributed by atoms with Crippen LogP contribution in [0.15, 0.2) is 0 Å². The zero-order chi connectivity index (χ0) is 15.8. The van der Waals surface area contributed by atoms with Crippen molar-refractivity contribution in [3.8, 4) is 0 Å². The van der Waals surface area contributed by atoms with E-state index in [2.05, 4.69) is 12.0 Å². The monoisotopic (exact) mass is 336 g/mol. The molecule has 22 heavy (non-hydrogen) atoms. The van der Waals surface area contributed by atoms with E-state index in [1.165, 1.54) is 0 Å². The summed E-state index contributed by atoms with van der Waals surface area (Å²) >= 11 is 0. The van der Waals surface area contributed by atoms with Gasteiger partial charge in [0.05, 0.1) is 12.1 Å². The van der Waals surface area contributed by atoms with Crippen LogP contribution in [-0.2, 0) is 11.2 Å². The van der Waals surface area contributed by atoms with Gasteiger partial charge in [-0.3, -0.25) is 4.79 Å². The molecule has 1 fully saturated rings. The maximum absolute atomic E-state index is 12.8. The Morgan fingerprint density at radius 3 is 2.55 bits per heavy atom. The molecule has 1 amide bonds. The van der Waals surface area contributed by atoms with Gasteiger partial charge >= 0.3 is 6.55 Å². The van der Waals surface area contributed by atoms with Gasteiger partial charge in [-0.2, -0.15) is 13.9 Å². The number of aromatic nitrogens is 2. The Hall–Kier alpha value is -1.21. The number of aryl methyl sites for hydroxylation is 1. The first-order valence-electron chi connectivity index (χ1n) is 7.08. The smallest absolute Gasteiger partial charge is 0.333 e. The first kappa shape index (κ1) is 18.8. The fourth-order valence-electron chi connectivity index (χ4n) is 2.81. The minimum atomic E-state index is -2.68. The van der Waals surface area contributed by atoms with Gasteiger partial charge in [-0.25, -0.2) is 4.68 Å². The van der Waals surface area contributed by atoms with Crippen molar-refractivity contribution >= 4 is 18.3 Å². The first-order chi connectivity index (χ1) is 9.77. The van der Waals surface area contributed by atoms with Gasteiger partial charge in [-0.1, -0.05) is 6.92 Å². The summed E-state index contributed by atoms with van der Waals surface area (Å²) in [6.07, 6.45) is 0.995. The highest BCUT2D eigenvalue weighted by Gasteiger charge is 2.35. The van der Waals surface area contributed by atoms with Crippen LogP contribution in [0, 0.1) is 19.3 Å². The van der Waals surface area contributed by atoms with Gasteiger partial charge < -0.3 is 10.6 Å². The summed E-state index contributed by atoms with van der Waals surface area (Å²) in [7, 11) is 0. The van der Waals surface area contributed by atoms with Crippen molar-refractivity contribution in [2.75, 3.05) is 19.6 Å². The number of hydrogen-bond acceptors (Lipinski definition) is 3. The van der Waals surface area contributed by atoms with Crippen molar-refractivity contribution < 1.29 is 13.6 Å².